The lowest BCUT2D eigenvalue weighted by molar-refractivity contribution is 0.0763. The summed E-state index contributed by atoms with van der Waals surface area (Å²) < 4.78 is 5.98. The summed E-state index contributed by atoms with van der Waals surface area (Å²) in [6, 6.07) is 5.46. The van der Waals surface area contributed by atoms with Crippen molar-refractivity contribution in [1.82, 2.24) is 4.90 Å². The molecule has 1 aliphatic heterocycles. The summed E-state index contributed by atoms with van der Waals surface area (Å²) in [5.74, 6) is 1.86. The number of methoxy groups -OCH3 is 1. The predicted octanol–water partition coefficient (Wildman–Crippen LogP) is 3.04. The summed E-state index contributed by atoms with van der Waals surface area (Å²) in [6.45, 7) is 3.82. The molecule has 2 rings (SSSR count). The van der Waals surface area contributed by atoms with Gasteiger partial charge in [-0.15, -0.1) is 0 Å². The highest BCUT2D eigenvalue weighted by molar-refractivity contribution is 9.10. The molecule has 0 spiro atoms. The van der Waals surface area contributed by atoms with Gasteiger partial charge < -0.3 is 9.64 Å². The van der Waals surface area contributed by atoms with Crippen molar-refractivity contribution in [3.8, 4) is 5.75 Å². The largest absolute Gasteiger partial charge is 0.496 e. The molecule has 1 aliphatic rings. The highest BCUT2D eigenvalue weighted by Gasteiger charge is 2.22. The molecule has 1 unspecified atom stereocenters. The zero-order valence-electron chi connectivity index (χ0n) is 10.5. The number of thioether (sulfide) groups is 1. The third-order valence-electron chi connectivity index (χ3n) is 2.93. The smallest absolute Gasteiger partial charge is 0.253 e. The fourth-order valence-electron chi connectivity index (χ4n) is 1.98. The van der Waals surface area contributed by atoms with Gasteiger partial charge in [-0.05, 0) is 34.1 Å². The molecule has 1 atom stereocenters. The van der Waals surface area contributed by atoms with Crippen molar-refractivity contribution in [2.24, 2.45) is 0 Å². The van der Waals surface area contributed by atoms with Gasteiger partial charge in [0.2, 0.25) is 0 Å². The molecule has 0 aliphatic carbocycles. The van der Waals surface area contributed by atoms with E-state index in [0.717, 1.165) is 29.1 Å². The lowest BCUT2D eigenvalue weighted by Gasteiger charge is -2.30. The van der Waals surface area contributed by atoms with E-state index in [-0.39, 0.29) is 5.91 Å². The van der Waals surface area contributed by atoms with Crippen LogP contribution in [0.25, 0.3) is 0 Å². The van der Waals surface area contributed by atoms with Crippen molar-refractivity contribution >= 4 is 33.6 Å². The molecule has 0 radical (unpaired) electrons. The van der Waals surface area contributed by atoms with E-state index in [0.29, 0.717) is 10.8 Å². The van der Waals surface area contributed by atoms with Crippen molar-refractivity contribution in [2.75, 3.05) is 26.0 Å². The fourth-order valence-corrected chi connectivity index (χ4v) is 3.54. The highest BCUT2D eigenvalue weighted by atomic mass is 79.9. The average Bonchev–Trinajstić information content (AvgIpc) is 2.37. The summed E-state index contributed by atoms with van der Waals surface area (Å²) in [4.78, 5) is 14.3. The van der Waals surface area contributed by atoms with E-state index in [1.807, 2.05) is 34.9 Å². The molecule has 1 fully saturated rings. The number of ether oxygens (including phenoxy) is 1. The third kappa shape index (κ3) is 3.01. The first-order chi connectivity index (χ1) is 8.61. The van der Waals surface area contributed by atoms with Gasteiger partial charge in [0.15, 0.2) is 0 Å². The van der Waals surface area contributed by atoms with Gasteiger partial charge in [-0.1, -0.05) is 6.92 Å². The molecule has 1 heterocycles. The van der Waals surface area contributed by atoms with E-state index in [4.69, 9.17) is 4.74 Å². The molecular formula is C13H16BrNO2S. The van der Waals surface area contributed by atoms with Gasteiger partial charge in [0.1, 0.15) is 5.75 Å². The van der Waals surface area contributed by atoms with Crippen LogP contribution in [0, 0.1) is 0 Å². The molecular weight excluding hydrogens is 314 g/mol. The van der Waals surface area contributed by atoms with Gasteiger partial charge in [-0.3, -0.25) is 4.79 Å². The van der Waals surface area contributed by atoms with E-state index in [1.165, 1.54) is 0 Å². The molecule has 98 valence electrons. The SMILES string of the molecule is COc1ccc(C(=O)N2CCSC(C)C2)cc1Br. The Morgan fingerprint density at radius 2 is 2.33 bits per heavy atom. The fraction of sp³-hybridized carbons (Fsp3) is 0.462. The van der Waals surface area contributed by atoms with Crippen molar-refractivity contribution in [3.05, 3.63) is 28.2 Å². The number of benzene rings is 1. The Labute approximate surface area is 120 Å². The summed E-state index contributed by atoms with van der Waals surface area (Å²) >= 11 is 5.33. The van der Waals surface area contributed by atoms with E-state index in [9.17, 15) is 4.79 Å². The van der Waals surface area contributed by atoms with E-state index in [1.54, 1.807) is 7.11 Å². The molecule has 18 heavy (non-hydrogen) atoms. The second-order valence-electron chi connectivity index (χ2n) is 4.28. The van der Waals surface area contributed by atoms with Gasteiger partial charge in [0.05, 0.1) is 11.6 Å². The quantitative estimate of drug-likeness (QED) is 0.835. The Kier molecular flexibility index (Phi) is 4.56. The van der Waals surface area contributed by atoms with Crippen LogP contribution in [0.4, 0.5) is 0 Å². The minimum Gasteiger partial charge on any atom is -0.496 e. The van der Waals surface area contributed by atoms with Gasteiger partial charge in [-0.25, -0.2) is 0 Å². The zero-order valence-corrected chi connectivity index (χ0v) is 12.9. The first-order valence-electron chi connectivity index (χ1n) is 5.86. The van der Waals surface area contributed by atoms with E-state index < -0.39 is 0 Å². The van der Waals surface area contributed by atoms with Crippen LogP contribution in [0.2, 0.25) is 0 Å². The van der Waals surface area contributed by atoms with Crippen molar-refractivity contribution in [1.29, 1.82) is 0 Å². The van der Waals surface area contributed by atoms with Gasteiger partial charge >= 0.3 is 0 Å². The molecule has 0 aromatic heterocycles. The summed E-state index contributed by atoms with van der Waals surface area (Å²) in [5, 5.41) is 0.518. The number of nitrogens with zero attached hydrogens (tertiary/aromatic N) is 1. The van der Waals surface area contributed by atoms with E-state index in [2.05, 4.69) is 22.9 Å². The summed E-state index contributed by atoms with van der Waals surface area (Å²) in [7, 11) is 1.62. The molecule has 1 aromatic carbocycles. The second kappa shape index (κ2) is 5.97. The number of hydrogen-bond acceptors (Lipinski definition) is 3. The minimum absolute atomic E-state index is 0.102. The minimum atomic E-state index is 0.102. The third-order valence-corrected chi connectivity index (χ3v) is 4.68. The maximum atomic E-state index is 12.4. The number of halogens is 1. The van der Waals surface area contributed by atoms with Crippen LogP contribution in [0.5, 0.6) is 5.75 Å². The van der Waals surface area contributed by atoms with Crippen molar-refractivity contribution in [3.63, 3.8) is 0 Å². The maximum absolute atomic E-state index is 12.4. The van der Waals surface area contributed by atoms with Gasteiger partial charge in [-0.2, -0.15) is 11.8 Å². The van der Waals surface area contributed by atoms with Crippen LogP contribution in [0.3, 0.4) is 0 Å². The predicted molar refractivity (Wildman–Crippen MR) is 78.5 cm³/mol. The Morgan fingerprint density at radius 3 is 2.94 bits per heavy atom. The summed E-state index contributed by atoms with van der Waals surface area (Å²) in [5.41, 5.74) is 0.710. The number of rotatable bonds is 2. The topological polar surface area (TPSA) is 29.5 Å². The molecule has 3 nitrogen and oxygen atoms in total. The van der Waals surface area contributed by atoms with Crippen LogP contribution in [-0.2, 0) is 0 Å². The number of carbonyl (C=O) groups excluding carboxylic acids is 1. The van der Waals surface area contributed by atoms with Crippen LogP contribution < -0.4 is 4.74 Å². The van der Waals surface area contributed by atoms with Crippen LogP contribution in [-0.4, -0.2) is 42.0 Å². The molecule has 5 heteroatoms. The Hall–Kier alpha value is -0.680. The monoisotopic (exact) mass is 329 g/mol. The lowest BCUT2D eigenvalue weighted by atomic mass is 10.2. The van der Waals surface area contributed by atoms with Crippen LogP contribution in [0.1, 0.15) is 17.3 Å². The molecule has 1 saturated heterocycles. The zero-order chi connectivity index (χ0) is 13.1. The van der Waals surface area contributed by atoms with Gasteiger partial charge in [0, 0.05) is 29.7 Å². The van der Waals surface area contributed by atoms with Crippen LogP contribution in [0.15, 0.2) is 22.7 Å². The average molecular weight is 330 g/mol. The molecule has 0 bridgehead atoms. The summed E-state index contributed by atoms with van der Waals surface area (Å²) in [6.07, 6.45) is 0. The first kappa shape index (κ1) is 13.7. The lowest BCUT2D eigenvalue weighted by Crippen LogP contribution is -2.41. The Balaban J connectivity index is 2.15. The normalized spacial score (nSPS) is 19.7. The van der Waals surface area contributed by atoms with Crippen molar-refractivity contribution < 1.29 is 9.53 Å². The molecule has 1 amide bonds. The van der Waals surface area contributed by atoms with Crippen LogP contribution >= 0.6 is 27.7 Å². The van der Waals surface area contributed by atoms with Gasteiger partial charge in [0.25, 0.3) is 5.91 Å². The van der Waals surface area contributed by atoms with E-state index >= 15 is 0 Å². The second-order valence-corrected chi connectivity index (χ2v) is 6.68. The Bertz CT molecular complexity index is 453. The number of carbonyl (C=O) groups is 1. The number of amides is 1. The first-order valence-corrected chi connectivity index (χ1v) is 7.70. The molecule has 1 aromatic rings. The van der Waals surface area contributed by atoms with Crippen molar-refractivity contribution in [2.45, 2.75) is 12.2 Å². The molecule has 0 N–H and O–H groups in total. The Morgan fingerprint density at radius 1 is 1.56 bits per heavy atom. The number of hydrogen-bond donors (Lipinski definition) is 0. The highest BCUT2D eigenvalue weighted by Crippen LogP contribution is 2.27. The molecule has 0 saturated carbocycles. The standard InChI is InChI=1S/C13H16BrNO2S/c1-9-8-15(5-6-18-9)13(16)10-3-4-12(17-2)11(14)7-10/h3-4,7,9H,5-6,8H2,1-2H3. The maximum Gasteiger partial charge on any atom is 0.253 e.